The highest BCUT2D eigenvalue weighted by atomic mass is 35.5. The lowest BCUT2D eigenvalue weighted by Crippen LogP contribution is -2.49. The van der Waals surface area contributed by atoms with Gasteiger partial charge in [-0.1, -0.05) is 41.9 Å². The molecule has 2 aromatic carbocycles. The van der Waals surface area contributed by atoms with E-state index in [1.54, 1.807) is 26.4 Å². The Kier molecular flexibility index (Phi) is 14.4. The molecule has 1 unspecified atom stereocenters. The van der Waals surface area contributed by atoms with Gasteiger partial charge in [-0.2, -0.15) is 5.10 Å². The second-order valence-electron chi connectivity index (χ2n) is 17.8. The number of nitrogens with zero attached hydrogens (tertiary/aromatic N) is 8. The monoisotopic (exact) mass is 905 g/mol. The Labute approximate surface area is 375 Å². The van der Waals surface area contributed by atoms with Gasteiger partial charge in [-0.25, -0.2) is 27.5 Å². The number of likely N-dealkylation sites (tertiary alicyclic amines) is 1. The van der Waals surface area contributed by atoms with E-state index in [0.717, 1.165) is 74.9 Å². The number of carbonyl (C=O) groups excluding carboxylic acids is 3. The summed E-state index contributed by atoms with van der Waals surface area (Å²) in [5.41, 5.74) is 2.96. The van der Waals surface area contributed by atoms with Crippen molar-refractivity contribution in [3.8, 4) is 0 Å². The lowest BCUT2D eigenvalue weighted by atomic mass is 9.98. The standard InChI is InChI=1S/C45H60ClN9O7S/c1-32-29-55-40(28-38(48-55)39-15-9-10-21-54(39)42(56)36-17-16-34(46)27-37(36)49-63(5,59)60)47-41(32)52-22-18-35(30-52)53(44(58)62-45(2,3)4)20-12-11-19-50-23-25-51(26-24-50)43(57)61-31-33-13-7-6-8-14-33/h6-8,13-14,16-17,27-29,35,39,49H,9-12,15,18-26,30-31H2,1-5H3/t35-,39?/m0/s1. The maximum atomic E-state index is 14.1. The number of aromatic nitrogens is 3. The van der Waals surface area contributed by atoms with Gasteiger partial charge in [-0.05, 0) is 96.5 Å². The van der Waals surface area contributed by atoms with Crippen LogP contribution >= 0.6 is 11.6 Å². The molecule has 3 aliphatic rings. The fraction of sp³-hybridized carbons (Fsp3) is 0.533. The van der Waals surface area contributed by atoms with Crippen molar-refractivity contribution < 1.29 is 32.3 Å². The van der Waals surface area contributed by atoms with Crippen molar-refractivity contribution in [3.63, 3.8) is 0 Å². The van der Waals surface area contributed by atoms with Crippen LogP contribution in [-0.2, 0) is 26.1 Å². The van der Waals surface area contributed by atoms with Crippen molar-refractivity contribution in [1.29, 1.82) is 0 Å². The molecule has 3 fully saturated rings. The highest BCUT2D eigenvalue weighted by Crippen LogP contribution is 2.35. The van der Waals surface area contributed by atoms with E-state index in [-0.39, 0.29) is 48.0 Å². The Morgan fingerprint density at radius 1 is 0.952 bits per heavy atom. The number of sulfonamides is 1. The average Bonchev–Trinajstić information content (AvgIpc) is 3.89. The van der Waals surface area contributed by atoms with Crippen molar-refractivity contribution >= 4 is 56.9 Å². The molecule has 1 N–H and O–H groups in total. The number of benzene rings is 2. The first-order valence-electron chi connectivity index (χ1n) is 21.9. The minimum Gasteiger partial charge on any atom is -0.445 e. The number of ether oxygens (including phenoxy) is 2. The van der Waals surface area contributed by atoms with Gasteiger partial charge in [0.15, 0.2) is 5.65 Å². The zero-order valence-corrected chi connectivity index (χ0v) is 38.5. The minimum absolute atomic E-state index is 0.0695. The Morgan fingerprint density at radius 3 is 2.44 bits per heavy atom. The summed E-state index contributed by atoms with van der Waals surface area (Å²) >= 11 is 6.20. The summed E-state index contributed by atoms with van der Waals surface area (Å²) in [5, 5.41) is 5.22. The van der Waals surface area contributed by atoms with Crippen molar-refractivity contribution in [2.45, 2.75) is 90.5 Å². The second kappa shape index (κ2) is 19.7. The maximum absolute atomic E-state index is 14.1. The Bertz CT molecular complexity index is 2370. The number of rotatable bonds is 13. The maximum Gasteiger partial charge on any atom is 0.410 e. The van der Waals surface area contributed by atoms with Crippen LogP contribution in [0.25, 0.3) is 5.65 Å². The van der Waals surface area contributed by atoms with E-state index in [0.29, 0.717) is 62.1 Å². The topological polar surface area (TPSA) is 162 Å². The Morgan fingerprint density at radius 2 is 1.71 bits per heavy atom. The molecule has 0 aliphatic carbocycles. The van der Waals surface area contributed by atoms with Crippen LogP contribution in [0.2, 0.25) is 5.02 Å². The first kappa shape index (κ1) is 45.9. The van der Waals surface area contributed by atoms with Gasteiger partial charge in [0, 0.05) is 75.2 Å². The predicted octanol–water partition coefficient (Wildman–Crippen LogP) is 6.98. The van der Waals surface area contributed by atoms with Crippen molar-refractivity contribution in [2.75, 3.05) is 74.8 Å². The molecule has 63 heavy (non-hydrogen) atoms. The van der Waals surface area contributed by atoms with Crippen LogP contribution in [0, 0.1) is 6.92 Å². The number of nitrogens with one attached hydrogen (secondary N) is 1. The van der Waals surface area contributed by atoms with Crippen LogP contribution in [0.3, 0.4) is 0 Å². The zero-order valence-electron chi connectivity index (χ0n) is 37.0. The lowest BCUT2D eigenvalue weighted by molar-refractivity contribution is 0.0172. The van der Waals surface area contributed by atoms with Crippen molar-refractivity contribution in [3.05, 3.63) is 88.2 Å². The molecule has 16 nitrogen and oxygen atoms in total. The second-order valence-corrected chi connectivity index (χ2v) is 20.0. The number of piperazine rings is 1. The number of amides is 3. The van der Waals surface area contributed by atoms with Crippen molar-refractivity contribution in [2.24, 2.45) is 0 Å². The summed E-state index contributed by atoms with van der Waals surface area (Å²) in [6.45, 7) is 13.9. The number of hydrogen-bond donors (Lipinski definition) is 1. The van der Waals surface area contributed by atoms with Gasteiger partial charge in [0.2, 0.25) is 10.0 Å². The van der Waals surface area contributed by atoms with Gasteiger partial charge >= 0.3 is 12.2 Å². The number of fused-ring (bicyclic) bond motifs is 1. The third-order valence-corrected chi connectivity index (χ3v) is 12.6. The van der Waals surface area contributed by atoms with Crippen LogP contribution in [0.1, 0.15) is 92.5 Å². The van der Waals surface area contributed by atoms with Crippen LogP contribution in [0.4, 0.5) is 21.1 Å². The fourth-order valence-corrected chi connectivity index (χ4v) is 9.38. The number of halogens is 1. The van der Waals surface area contributed by atoms with E-state index in [2.05, 4.69) is 14.5 Å². The first-order chi connectivity index (χ1) is 30.0. The van der Waals surface area contributed by atoms with E-state index in [1.165, 1.54) is 6.07 Å². The number of anilines is 2. The molecule has 0 radical (unpaired) electrons. The average molecular weight is 907 g/mol. The summed E-state index contributed by atoms with van der Waals surface area (Å²) in [7, 11) is -3.67. The molecule has 7 rings (SSSR count). The third kappa shape index (κ3) is 11.9. The smallest absolute Gasteiger partial charge is 0.410 e. The molecular weight excluding hydrogens is 846 g/mol. The number of aryl methyl sites for hydroxylation is 1. The van der Waals surface area contributed by atoms with Crippen LogP contribution in [-0.4, -0.2) is 138 Å². The molecule has 2 atom stereocenters. The summed E-state index contributed by atoms with van der Waals surface area (Å²) in [5.74, 6) is 0.511. The lowest BCUT2D eigenvalue weighted by Gasteiger charge is -2.35. The van der Waals surface area contributed by atoms with Crippen LogP contribution in [0.5, 0.6) is 0 Å². The highest BCUT2D eigenvalue weighted by molar-refractivity contribution is 7.92. The largest absolute Gasteiger partial charge is 0.445 e. The van der Waals surface area contributed by atoms with E-state index >= 15 is 0 Å². The van der Waals surface area contributed by atoms with E-state index in [1.807, 2.05) is 75.2 Å². The van der Waals surface area contributed by atoms with E-state index in [4.69, 9.17) is 31.2 Å². The van der Waals surface area contributed by atoms with Gasteiger partial charge in [-0.3, -0.25) is 14.4 Å². The third-order valence-electron chi connectivity index (χ3n) is 11.7. The Hall–Kier alpha value is -5.13. The quantitative estimate of drug-likeness (QED) is 0.138. The summed E-state index contributed by atoms with van der Waals surface area (Å²) < 4.78 is 40.0. The molecule has 0 saturated carbocycles. The van der Waals surface area contributed by atoms with Gasteiger partial charge in [0.05, 0.1) is 35.3 Å². The normalized spacial score (nSPS) is 18.7. The number of unbranched alkanes of at least 4 members (excludes halogenated alkanes) is 1. The minimum atomic E-state index is -3.67. The predicted molar refractivity (Wildman–Crippen MR) is 243 cm³/mol. The molecule has 340 valence electrons. The molecule has 3 amide bonds. The molecule has 0 bridgehead atoms. The van der Waals surface area contributed by atoms with Gasteiger partial charge in [0.1, 0.15) is 18.0 Å². The molecule has 2 aromatic heterocycles. The van der Waals surface area contributed by atoms with Gasteiger partial charge in [-0.15, -0.1) is 0 Å². The molecule has 18 heteroatoms. The molecular formula is C45H60ClN9O7S. The van der Waals surface area contributed by atoms with Crippen LogP contribution < -0.4 is 9.62 Å². The number of hydrogen-bond acceptors (Lipinski definition) is 11. The van der Waals surface area contributed by atoms with Gasteiger partial charge in [0.25, 0.3) is 5.91 Å². The number of piperidine rings is 1. The molecule has 0 spiro atoms. The summed E-state index contributed by atoms with van der Waals surface area (Å²) in [6, 6.07) is 15.8. The SMILES string of the molecule is Cc1cn2nc(C3CCCCN3C(=O)c3ccc(Cl)cc3NS(C)(=O)=O)cc2nc1N1CC[C@H](N(CCCCN2CCN(C(=O)OCc3ccccc3)CC2)C(=O)OC(C)(C)C)C1. The first-order valence-corrected chi connectivity index (χ1v) is 24.2. The van der Waals surface area contributed by atoms with E-state index in [9.17, 15) is 22.8 Å². The Balaban J connectivity index is 0.974. The van der Waals surface area contributed by atoms with Crippen molar-refractivity contribution in [1.82, 2.24) is 34.2 Å². The summed E-state index contributed by atoms with van der Waals surface area (Å²) in [6.07, 6.45) is 7.27. The molecule has 4 aromatic rings. The number of carbonyl (C=O) groups is 3. The summed E-state index contributed by atoms with van der Waals surface area (Å²) in [4.78, 5) is 55.6. The van der Waals surface area contributed by atoms with Gasteiger partial charge < -0.3 is 29.1 Å². The van der Waals surface area contributed by atoms with Crippen LogP contribution in [0.15, 0.2) is 60.8 Å². The molecule has 3 aliphatic heterocycles. The highest BCUT2D eigenvalue weighted by Gasteiger charge is 2.36. The molecule has 3 saturated heterocycles. The zero-order chi connectivity index (χ0) is 44.9. The fourth-order valence-electron chi connectivity index (χ4n) is 8.64. The molecule has 5 heterocycles. The van der Waals surface area contributed by atoms with E-state index < -0.39 is 15.6 Å².